The first-order chi connectivity index (χ1) is 11.6. The van der Waals surface area contributed by atoms with Gasteiger partial charge in [-0.2, -0.15) is 0 Å². The minimum Gasteiger partial charge on any atom is -0.496 e. The predicted octanol–water partition coefficient (Wildman–Crippen LogP) is 3.83. The number of carbonyl (C=O) groups excluding carboxylic acids is 1. The molecule has 0 bridgehead atoms. The molecule has 122 valence electrons. The molecule has 1 heterocycles. The van der Waals surface area contributed by atoms with E-state index in [0.717, 1.165) is 17.5 Å². The molecule has 0 aromatic heterocycles. The van der Waals surface area contributed by atoms with Crippen molar-refractivity contribution in [3.05, 3.63) is 69.9 Å². The van der Waals surface area contributed by atoms with Crippen molar-refractivity contribution in [1.82, 2.24) is 5.32 Å². The van der Waals surface area contributed by atoms with E-state index in [4.69, 9.17) is 16.3 Å². The van der Waals surface area contributed by atoms with Crippen LogP contribution in [-0.4, -0.2) is 18.9 Å². The Balaban J connectivity index is 2.02. The Morgan fingerprint density at radius 1 is 1.25 bits per heavy atom. The number of amidine groups is 1. The summed E-state index contributed by atoms with van der Waals surface area (Å²) in [7, 11) is 1.61. The summed E-state index contributed by atoms with van der Waals surface area (Å²) >= 11 is 6.18. The van der Waals surface area contributed by atoms with Crippen LogP contribution < -0.4 is 10.1 Å². The number of methoxy groups -OCH3 is 1. The van der Waals surface area contributed by atoms with Gasteiger partial charge in [-0.15, -0.1) is 0 Å². The molecular weight excluding hydrogens is 324 g/mol. The van der Waals surface area contributed by atoms with Gasteiger partial charge in [0.15, 0.2) is 0 Å². The van der Waals surface area contributed by atoms with E-state index in [1.165, 1.54) is 0 Å². The Hall–Kier alpha value is -2.59. The highest BCUT2D eigenvalue weighted by Gasteiger charge is 2.22. The Bertz CT molecular complexity index is 856. The Kier molecular flexibility index (Phi) is 4.67. The number of hydrogen-bond acceptors (Lipinski definition) is 3. The third kappa shape index (κ3) is 3.19. The molecule has 0 aliphatic carbocycles. The van der Waals surface area contributed by atoms with E-state index in [1.807, 2.05) is 36.4 Å². The van der Waals surface area contributed by atoms with Gasteiger partial charge in [0.05, 0.1) is 12.1 Å². The minimum atomic E-state index is -0.256. The first kappa shape index (κ1) is 16.3. The van der Waals surface area contributed by atoms with E-state index in [1.54, 1.807) is 19.3 Å². The van der Waals surface area contributed by atoms with Crippen LogP contribution in [0.15, 0.2) is 53.2 Å². The van der Waals surface area contributed by atoms with Crippen LogP contribution in [0.3, 0.4) is 0 Å². The zero-order valence-electron chi connectivity index (χ0n) is 13.5. The van der Waals surface area contributed by atoms with Gasteiger partial charge in [-0.05, 0) is 42.3 Å². The van der Waals surface area contributed by atoms with Crippen LogP contribution in [0.25, 0.3) is 6.08 Å². The predicted molar refractivity (Wildman–Crippen MR) is 96.5 cm³/mol. The zero-order chi connectivity index (χ0) is 17.1. The number of hydrogen-bond donors (Lipinski definition) is 1. The molecule has 24 heavy (non-hydrogen) atoms. The van der Waals surface area contributed by atoms with Gasteiger partial charge in [-0.3, -0.25) is 4.79 Å². The molecule has 0 unspecified atom stereocenters. The second-order valence-electron chi connectivity index (χ2n) is 5.35. The fourth-order valence-electron chi connectivity index (χ4n) is 2.51. The lowest BCUT2D eigenvalue weighted by molar-refractivity contribution is -0.115. The van der Waals surface area contributed by atoms with Crippen LogP contribution in [0.4, 0.5) is 0 Å². The number of halogens is 1. The minimum absolute atomic E-state index is 0.256. The summed E-state index contributed by atoms with van der Waals surface area (Å²) in [6, 6.07) is 13.2. The molecule has 0 saturated carbocycles. The molecule has 0 fully saturated rings. The van der Waals surface area contributed by atoms with Gasteiger partial charge in [0.25, 0.3) is 5.91 Å². The number of nitrogens with zero attached hydrogens (tertiary/aromatic N) is 1. The Morgan fingerprint density at radius 2 is 2.04 bits per heavy atom. The fraction of sp³-hybridized carbons (Fsp3) is 0.158. The van der Waals surface area contributed by atoms with Crippen molar-refractivity contribution < 1.29 is 9.53 Å². The van der Waals surface area contributed by atoms with Crippen molar-refractivity contribution in [3.8, 4) is 5.75 Å². The van der Waals surface area contributed by atoms with Crippen LogP contribution >= 0.6 is 11.6 Å². The molecule has 1 aliphatic heterocycles. The molecule has 2 aromatic rings. The van der Waals surface area contributed by atoms with Gasteiger partial charge in [0.1, 0.15) is 17.3 Å². The molecule has 1 amide bonds. The lowest BCUT2D eigenvalue weighted by Gasteiger charge is -2.07. The molecule has 0 radical (unpaired) electrons. The van der Waals surface area contributed by atoms with Crippen LogP contribution in [0.1, 0.15) is 23.6 Å². The molecule has 2 aromatic carbocycles. The molecule has 0 saturated heterocycles. The third-order valence-corrected chi connectivity index (χ3v) is 4.15. The van der Waals surface area contributed by atoms with Crippen LogP contribution in [-0.2, 0) is 11.2 Å². The van der Waals surface area contributed by atoms with E-state index in [0.29, 0.717) is 27.9 Å². The summed E-state index contributed by atoms with van der Waals surface area (Å²) in [5, 5.41) is 3.31. The third-order valence-electron chi connectivity index (χ3n) is 3.82. The maximum atomic E-state index is 12.2. The van der Waals surface area contributed by atoms with E-state index < -0.39 is 0 Å². The van der Waals surface area contributed by atoms with Crippen molar-refractivity contribution in [2.24, 2.45) is 4.99 Å². The van der Waals surface area contributed by atoms with Crippen molar-refractivity contribution >= 4 is 29.4 Å². The summed E-state index contributed by atoms with van der Waals surface area (Å²) in [4.78, 5) is 16.7. The highest BCUT2D eigenvalue weighted by molar-refractivity contribution is 6.35. The molecule has 3 rings (SSSR count). The Labute approximate surface area is 145 Å². The van der Waals surface area contributed by atoms with Crippen LogP contribution in [0.5, 0.6) is 5.75 Å². The standard InChI is InChI=1S/C19H17ClN2O2/c1-3-12-8-9-17(24-2)13(10-12)11-16-19(23)22-18(21-16)14-6-4-5-7-15(14)20/h4-11H,3H2,1-2H3,(H,21,22,23)/b16-11+. The monoisotopic (exact) mass is 340 g/mol. The van der Waals surface area contributed by atoms with Crippen molar-refractivity contribution in [2.75, 3.05) is 7.11 Å². The average Bonchev–Trinajstić information content (AvgIpc) is 2.95. The molecular formula is C19H17ClN2O2. The number of aliphatic imine (C=N–C) groups is 1. The smallest absolute Gasteiger partial charge is 0.275 e. The van der Waals surface area contributed by atoms with Gasteiger partial charge in [-0.1, -0.05) is 36.7 Å². The van der Waals surface area contributed by atoms with E-state index in [-0.39, 0.29) is 5.91 Å². The highest BCUT2D eigenvalue weighted by Crippen LogP contribution is 2.25. The topological polar surface area (TPSA) is 50.7 Å². The number of ether oxygens (including phenoxy) is 1. The van der Waals surface area contributed by atoms with Gasteiger partial charge in [0.2, 0.25) is 0 Å². The lowest BCUT2D eigenvalue weighted by Crippen LogP contribution is -2.24. The van der Waals surface area contributed by atoms with E-state index in [9.17, 15) is 4.79 Å². The van der Waals surface area contributed by atoms with E-state index >= 15 is 0 Å². The van der Waals surface area contributed by atoms with Gasteiger partial charge in [0, 0.05) is 11.1 Å². The highest BCUT2D eigenvalue weighted by atomic mass is 35.5. The van der Waals surface area contributed by atoms with Crippen molar-refractivity contribution in [1.29, 1.82) is 0 Å². The molecule has 4 nitrogen and oxygen atoms in total. The maximum absolute atomic E-state index is 12.2. The van der Waals surface area contributed by atoms with Crippen LogP contribution in [0, 0.1) is 0 Å². The molecule has 5 heteroatoms. The number of amides is 1. The molecule has 0 atom stereocenters. The summed E-state index contributed by atoms with van der Waals surface area (Å²) in [6.45, 7) is 2.08. The largest absolute Gasteiger partial charge is 0.496 e. The summed E-state index contributed by atoms with van der Waals surface area (Å²) < 4.78 is 5.38. The van der Waals surface area contributed by atoms with Gasteiger partial charge < -0.3 is 10.1 Å². The summed E-state index contributed by atoms with van der Waals surface area (Å²) in [5.41, 5.74) is 3.02. The number of carbonyl (C=O) groups is 1. The van der Waals surface area contributed by atoms with Gasteiger partial charge in [-0.25, -0.2) is 4.99 Å². The first-order valence-electron chi connectivity index (χ1n) is 7.66. The quantitative estimate of drug-likeness (QED) is 0.860. The van der Waals surface area contributed by atoms with Crippen LogP contribution in [0.2, 0.25) is 5.02 Å². The Morgan fingerprint density at radius 3 is 2.75 bits per heavy atom. The van der Waals surface area contributed by atoms with Crippen molar-refractivity contribution in [3.63, 3.8) is 0 Å². The molecule has 1 N–H and O–H groups in total. The number of aryl methyl sites for hydroxylation is 1. The summed E-state index contributed by atoms with van der Waals surface area (Å²) in [5.74, 6) is 0.908. The summed E-state index contributed by atoms with van der Waals surface area (Å²) in [6.07, 6.45) is 2.64. The first-order valence-corrected chi connectivity index (χ1v) is 8.03. The number of rotatable bonds is 4. The van der Waals surface area contributed by atoms with E-state index in [2.05, 4.69) is 17.2 Å². The molecule has 0 spiro atoms. The SMILES string of the molecule is CCc1ccc(OC)c(/C=C2/N=C(c3ccccc3Cl)NC2=O)c1. The van der Waals surface area contributed by atoms with Crippen molar-refractivity contribution in [2.45, 2.75) is 13.3 Å². The average molecular weight is 341 g/mol. The zero-order valence-corrected chi connectivity index (χ0v) is 14.2. The maximum Gasteiger partial charge on any atom is 0.275 e. The van der Waals surface area contributed by atoms with Gasteiger partial charge >= 0.3 is 0 Å². The second kappa shape index (κ2) is 6.89. The normalized spacial score (nSPS) is 15.4. The number of nitrogens with one attached hydrogen (secondary N) is 1. The second-order valence-corrected chi connectivity index (χ2v) is 5.76. The molecule has 1 aliphatic rings. The number of benzene rings is 2. The lowest BCUT2D eigenvalue weighted by atomic mass is 10.1. The fourth-order valence-corrected chi connectivity index (χ4v) is 2.74.